The molecule has 0 radical (unpaired) electrons. The van der Waals surface area contributed by atoms with E-state index in [1.54, 1.807) is 0 Å². The SMILES string of the molecule is Cl.O=S(=O)(O)OF. The monoisotopic (exact) mass is 152 g/mol. The Bertz CT molecular complexity index is 114. The maximum absolute atomic E-state index is 10.2. The highest BCUT2D eigenvalue weighted by Crippen LogP contribution is 1.81. The van der Waals surface area contributed by atoms with E-state index in [-0.39, 0.29) is 12.4 Å². The van der Waals surface area contributed by atoms with Gasteiger partial charge in [0, 0.05) is 0 Å². The van der Waals surface area contributed by atoms with Gasteiger partial charge in [0.2, 0.25) is 0 Å². The Balaban J connectivity index is 0. The second-order valence-corrected chi connectivity index (χ2v) is 1.47. The molecule has 0 bridgehead atoms. The van der Waals surface area contributed by atoms with Crippen molar-refractivity contribution in [2.75, 3.05) is 0 Å². The topological polar surface area (TPSA) is 63.6 Å². The van der Waals surface area contributed by atoms with Crippen molar-refractivity contribution in [2.45, 2.75) is 0 Å². The van der Waals surface area contributed by atoms with Gasteiger partial charge < -0.3 is 0 Å². The maximum Gasteiger partial charge on any atom is 0.428 e. The summed E-state index contributed by atoms with van der Waals surface area (Å²) in [7, 11) is -4.83. The normalized spacial score (nSPS) is 10.0. The van der Waals surface area contributed by atoms with E-state index in [0.717, 1.165) is 0 Å². The van der Waals surface area contributed by atoms with E-state index in [0.29, 0.717) is 0 Å². The predicted molar refractivity (Wildman–Crippen MR) is 21.0 cm³/mol. The van der Waals surface area contributed by atoms with Crippen molar-refractivity contribution in [3.05, 3.63) is 0 Å². The van der Waals surface area contributed by atoms with Crippen LogP contribution >= 0.6 is 12.4 Å². The van der Waals surface area contributed by atoms with Crippen molar-refractivity contribution in [1.82, 2.24) is 0 Å². The first kappa shape index (κ1) is 10.1. The van der Waals surface area contributed by atoms with E-state index in [1.165, 1.54) is 0 Å². The summed E-state index contributed by atoms with van der Waals surface area (Å²) in [6.45, 7) is 0. The van der Waals surface area contributed by atoms with E-state index in [1.807, 2.05) is 4.39 Å². The summed E-state index contributed by atoms with van der Waals surface area (Å²) in [5, 5.41) is 0. The van der Waals surface area contributed by atoms with Crippen LogP contribution in [-0.2, 0) is 14.8 Å². The van der Waals surface area contributed by atoms with Crippen LogP contribution in [0.25, 0.3) is 0 Å². The number of rotatable bonds is 1. The van der Waals surface area contributed by atoms with Crippen molar-refractivity contribution < 1.29 is 21.9 Å². The second kappa shape index (κ2) is 3.14. The van der Waals surface area contributed by atoms with E-state index in [9.17, 15) is 4.53 Å². The molecular formula is H2ClFO4S. The highest BCUT2D eigenvalue weighted by Gasteiger charge is 1.99. The molecule has 4 nitrogen and oxygen atoms in total. The van der Waals surface area contributed by atoms with Crippen LogP contribution in [0, 0.1) is 0 Å². The smallest absolute Gasteiger partial charge is 0.262 e. The lowest BCUT2D eigenvalue weighted by Gasteiger charge is -1.75. The van der Waals surface area contributed by atoms with Crippen LogP contribution in [0.5, 0.6) is 0 Å². The third-order valence-corrected chi connectivity index (χ3v) is 0.239. The minimum Gasteiger partial charge on any atom is -0.262 e. The quantitative estimate of drug-likeness (QED) is 0.542. The molecule has 7 heavy (non-hydrogen) atoms. The van der Waals surface area contributed by atoms with Crippen LogP contribution in [0.3, 0.4) is 0 Å². The van der Waals surface area contributed by atoms with E-state index >= 15 is 0 Å². The summed E-state index contributed by atoms with van der Waals surface area (Å²) in [5.74, 6) is 0. The molecule has 0 aliphatic heterocycles. The molecule has 0 aromatic rings. The summed E-state index contributed by atoms with van der Waals surface area (Å²) >= 11 is 0. The third kappa shape index (κ3) is 10.7. The molecule has 0 unspecified atom stereocenters. The van der Waals surface area contributed by atoms with Gasteiger partial charge in [-0.05, 0) is 8.91 Å². The molecule has 1 N–H and O–H groups in total. The molecule has 7 heteroatoms. The number of hydrogen-bond donors (Lipinski definition) is 1. The molecule has 0 aromatic carbocycles. The Morgan fingerprint density at radius 3 is 1.71 bits per heavy atom. The molecule has 0 spiro atoms. The predicted octanol–water partition coefficient (Wildman–Crippen LogP) is 0.112. The van der Waals surface area contributed by atoms with Gasteiger partial charge in [-0.1, -0.05) is 0 Å². The zero-order chi connectivity index (χ0) is 5.21. The van der Waals surface area contributed by atoms with Crippen molar-refractivity contribution in [1.29, 1.82) is 0 Å². The second-order valence-electron chi connectivity index (χ2n) is 0.491. The molecule has 46 valence electrons. The zero-order valence-electron chi connectivity index (χ0n) is 2.87. The zero-order valence-corrected chi connectivity index (χ0v) is 4.50. The van der Waals surface area contributed by atoms with Crippen LogP contribution in [-0.4, -0.2) is 13.0 Å². The molecule has 0 atom stereocenters. The average Bonchev–Trinajstić information content (AvgIpc) is 1.35. The van der Waals surface area contributed by atoms with Gasteiger partial charge in [0.1, 0.15) is 0 Å². The number of hydrogen-bond acceptors (Lipinski definition) is 3. The minimum atomic E-state index is -4.83. The highest BCUT2D eigenvalue weighted by molar-refractivity contribution is 7.80. The Hall–Kier alpha value is 0.0900. The molecule has 0 saturated carbocycles. The average molecular weight is 153 g/mol. The van der Waals surface area contributed by atoms with Gasteiger partial charge in [-0.2, -0.15) is 8.42 Å². The lowest BCUT2D eigenvalue weighted by molar-refractivity contribution is -0.0113. The third-order valence-electron chi connectivity index (χ3n) is 0.0796. The van der Waals surface area contributed by atoms with Crippen molar-refractivity contribution >= 4 is 22.8 Å². The van der Waals surface area contributed by atoms with Crippen LogP contribution < -0.4 is 0 Å². The van der Waals surface area contributed by atoms with Crippen LogP contribution in [0.1, 0.15) is 0 Å². The summed E-state index contributed by atoms with van der Waals surface area (Å²) in [5.41, 5.74) is 0. The molecule has 0 heterocycles. The standard InChI is InChI=1S/ClH.FHO4S/c;1-5-6(2,3)4/h1H;(H,2,3,4). The molecule has 0 amide bonds. The molecule has 0 aliphatic rings. The molecular weight excluding hydrogens is 151 g/mol. The molecule has 0 rings (SSSR count). The number of halogens is 2. The van der Waals surface area contributed by atoms with Gasteiger partial charge in [-0.3, -0.25) is 4.55 Å². The van der Waals surface area contributed by atoms with Crippen LogP contribution in [0.2, 0.25) is 0 Å². The van der Waals surface area contributed by atoms with Crippen LogP contribution in [0.4, 0.5) is 4.53 Å². The largest absolute Gasteiger partial charge is 0.428 e. The summed E-state index contributed by atoms with van der Waals surface area (Å²) < 4.78 is 37.2. The fraction of sp³-hybridized carbons (Fsp3) is 0. The van der Waals surface area contributed by atoms with E-state index in [2.05, 4.69) is 0 Å². The Morgan fingerprint density at radius 2 is 1.71 bits per heavy atom. The van der Waals surface area contributed by atoms with Gasteiger partial charge >= 0.3 is 10.4 Å². The molecule has 0 saturated heterocycles. The van der Waals surface area contributed by atoms with Gasteiger partial charge in [-0.15, -0.1) is 12.4 Å². The maximum atomic E-state index is 10.2. The van der Waals surface area contributed by atoms with Gasteiger partial charge in [0.25, 0.3) is 0 Å². The van der Waals surface area contributed by atoms with Gasteiger partial charge in [0.05, 0.1) is 0 Å². The highest BCUT2D eigenvalue weighted by atomic mass is 35.5. The fourth-order valence-corrected chi connectivity index (χ4v) is 0. The Kier molecular flexibility index (Phi) is 4.55. The van der Waals surface area contributed by atoms with Crippen molar-refractivity contribution in [2.24, 2.45) is 0 Å². The first-order chi connectivity index (χ1) is 2.56. The first-order valence-electron chi connectivity index (χ1n) is 0.837. The molecule has 0 aliphatic carbocycles. The van der Waals surface area contributed by atoms with E-state index in [4.69, 9.17) is 13.0 Å². The molecule has 0 fully saturated rings. The first-order valence-corrected chi connectivity index (χ1v) is 2.20. The summed E-state index contributed by atoms with van der Waals surface area (Å²) in [4.78, 5) is 0. The van der Waals surface area contributed by atoms with E-state index < -0.39 is 10.4 Å². The Labute approximate surface area is 45.5 Å². The Morgan fingerprint density at radius 1 is 1.57 bits per heavy atom. The lowest BCUT2D eigenvalue weighted by Crippen LogP contribution is -1.93. The van der Waals surface area contributed by atoms with Gasteiger partial charge in [0.15, 0.2) is 0 Å². The lowest BCUT2D eigenvalue weighted by atomic mass is 15.6. The fourth-order valence-electron chi connectivity index (χ4n) is 0. The summed E-state index contributed by atoms with van der Waals surface area (Å²) in [6, 6.07) is 0. The van der Waals surface area contributed by atoms with Crippen molar-refractivity contribution in [3.63, 3.8) is 0 Å². The van der Waals surface area contributed by atoms with Crippen molar-refractivity contribution in [3.8, 4) is 0 Å². The molecule has 0 aromatic heterocycles. The summed E-state index contributed by atoms with van der Waals surface area (Å²) in [6.07, 6.45) is 0. The minimum absolute atomic E-state index is 0. The van der Waals surface area contributed by atoms with Gasteiger partial charge in [-0.25, -0.2) is 0 Å². The van der Waals surface area contributed by atoms with Crippen LogP contribution in [0.15, 0.2) is 0 Å².